The summed E-state index contributed by atoms with van der Waals surface area (Å²) in [5, 5.41) is 8.42. The number of carbonyl (C=O) groups excluding carboxylic acids is 4. The van der Waals surface area contributed by atoms with Gasteiger partial charge in [-0.2, -0.15) is 0 Å². The van der Waals surface area contributed by atoms with Gasteiger partial charge in [0.05, 0.1) is 25.7 Å². The van der Waals surface area contributed by atoms with Crippen LogP contribution in [0.15, 0.2) is 54.6 Å². The summed E-state index contributed by atoms with van der Waals surface area (Å²) in [7, 11) is 3.49. The average Bonchev–Trinajstić information content (AvgIpc) is 3.69. The van der Waals surface area contributed by atoms with E-state index in [-0.39, 0.29) is 30.4 Å². The monoisotopic (exact) mass is 550 g/mol. The molecule has 2 aliphatic rings. The minimum Gasteiger partial charge on any atom is -0.497 e. The summed E-state index contributed by atoms with van der Waals surface area (Å²) in [6, 6.07) is 13.9. The van der Waals surface area contributed by atoms with Crippen molar-refractivity contribution >= 4 is 23.5 Å². The molecule has 0 aliphatic carbocycles. The van der Waals surface area contributed by atoms with Crippen molar-refractivity contribution in [2.24, 2.45) is 5.92 Å². The molecule has 3 amide bonds. The summed E-state index contributed by atoms with van der Waals surface area (Å²) >= 11 is 0. The number of hydrogen-bond acceptors (Lipinski definition) is 7. The lowest BCUT2D eigenvalue weighted by Gasteiger charge is -2.35. The Hall–Kier alpha value is -3.76. The van der Waals surface area contributed by atoms with Crippen molar-refractivity contribution in [3.63, 3.8) is 0 Å². The Bertz CT molecular complexity index is 1210. The standard InChI is InChI=1S/C30H38N4O6/c1-19(31-28(37)22-16-34(3)17-22)27(36)33-25(15-21-10-12-23(39-4)13-11-21)29(38)32-24(26(35)30(2)18-40-30)14-20-8-6-5-7-9-20/h5-13,19,22,24-25H,14-18H2,1-4H3,(H,31,37)(H,32,38)(H,33,36)/t19?,24?,25?,30-/m1/s1. The lowest BCUT2D eigenvalue weighted by molar-refractivity contribution is -0.135. The van der Waals surface area contributed by atoms with Crippen molar-refractivity contribution < 1.29 is 28.7 Å². The number of rotatable bonds is 13. The van der Waals surface area contributed by atoms with Gasteiger partial charge in [0.15, 0.2) is 5.78 Å². The summed E-state index contributed by atoms with van der Waals surface area (Å²) in [5.41, 5.74) is 0.744. The number of nitrogens with one attached hydrogen (secondary N) is 3. The van der Waals surface area contributed by atoms with Gasteiger partial charge in [-0.15, -0.1) is 0 Å². The number of ether oxygens (including phenoxy) is 2. The van der Waals surface area contributed by atoms with E-state index in [2.05, 4.69) is 16.0 Å². The van der Waals surface area contributed by atoms with E-state index in [1.807, 2.05) is 54.4 Å². The lowest BCUT2D eigenvalue weighted by Crippen LogP contribution is -2.58. The molecule has 10 nitrogen and oxygen atoms in total. The number of methoxy groups -OCH3 is 1. The molecule has 3 N–H and O–H groups in total. The number of benzene rings is 2. The third-order valence-corrected chi connectivity index (χ3v) is 7.43. The number of nitrogens with zero attached hydrogens (tertiary/aromatic N) is 1. The smallest absolute Gasteiger partial charge is 0.243 e. The van der Waals surface area contributed by atoms with Crippen molar-refractivity contribution in [2.75, 3.05) is 33.9 Å². The van der Waals surface area contributed by atoms with E-state index < -0.39 is 35.5 Å². The molecule has 4 rings (SSSR count). The van der Waals surface area contributed by atoms with Crippen LogP contribution in [0.2, 0.25) is 0 Å². The van der Waals surface area contributed by atoms with Gasteiger partial charge in [-0.3, -0.25) is 19.2 Å². The predicted molar refractivity (Wildman–Crippen MR) is 149 cm³/mol. The Morgan fingerprint density at radius 2 is 1.50 bits per heavy atom. The maximum absolute atomic E-state index is 13.7. The fraction of sp³-hybridized carbons (Fsp3) is 0.467. The van der Waals surface area contributed by atoms with Crippen molar-refractivity contribution in [2.45, 2.75) is 50.4 Å². The van der Waals surface area contributed by atoms with Crippen LogP contribution in [-0.2, 0) is 36.8 Å². The Morgan fingerprint density at radius 3 is 2.08 bits per heavy atom. The van der Waals surface area contributed by atoms with Crippen LogP contribution in [0.25, 0.3) is 0 Å². The fourth-order valence-electron chi connectivity index (χ4n) is 4.72. The van der Waals surface area contributed by atoms with E-state index in [9.17, 15) is 19.2 Å². The zero-order valence-electron chi connectivity index (χ0n) is 23.4. The van der Waals surface area contributed by atoms with E-state index in [0.29, 0.717) is 25.4 Å². The van der Waals surface area contributed by atoms with Crippen LogP contribution < -0.4 is 20.7 Å². The number of likely N-dealkylation sites (tertiary alicyclic amines) is 1. The molecule has 0 spiro atoms. The molecule has 2 heterocycles. The quantitative estimate of drug-likeness (QED) is 0.316. The lowest BCUT2D eigenvalue weighted by atomic mass is 9.94. The normalized spacial score (nSPS) is 20.8. The van der Waals surface area contributed by atoms with E-state index in [1.54, 1.807) is 33.1 Å². The van der Waals surface area contributed by atoms with Gasteiger partial charge < -0.3 is 30.3 Å². The third-order valence-electron chi connectivity index (χ3n) is 7.43. The van der Waals surface area contributed by atoms with Crippen molar-refractivity contribution in [3.8, 4) is 5.75 Å². The molecular weight excluding hydrogens is 512 g/mol. The van der Waals surface area contributed by atoms with Gasteiger partial charge in [0.1, 0.15) is 23.4 Å². The number of epoxide rings is 1. The Morgan fingerprint density at radius 1 is 0.925 bits per heavy atom. The molecule has 10 heteroatoms. The molecule has 4 atom stereocenters. The second-order valence-corrected chi connectivity index (χ2v) is 10.9. The molecule has 2 aliphatic heterocycles. The number of Topliss-reactive ketones (excluding diaryl/α,β-unsaturated/α-hetero) is 1. The van der Waals surface area contributed by atoms with Crippen LogP contribution in [0.1, 0.15) is 25.0 Å². The maximum atomic E-state index is 13.7. The van der Waals surface area contributed by atoms with E-state index in [1.165, 1.54) is 0 Å². The summed E-state index contributed by atoms with van der Waals surface area (Å²) in [6.45, 7) is 4.88. The first-order chi connectivity index (χ1) is 19.1. The second-order valence-electron chi connectivity index (χ2n) is 10.9. The van der Waals surface area contributed by atoms with Crippen LogP contribution in [0, 0.1) is 5.92 Å². The zero-order chi connectivity index (χ0) is 28.9. The van der Waals surface area contributed by atoms with Crippen molar-refractivity contribution in [1.29, 1.82) is 0 Å². The minimum atomic E-state index is -0.992. The topological polar surface area (TPSA) is 129 Å². The van der Waals surface area contributed by atoms with Gasteiger partial charge in [0.25, 0.3) is 0 Å². The molecule has 214 valence electrons. The SMILES string of the molecule is COc1ccc(CC(NC(=O)C(C)NC(=O)C2CN(C)C2)C(=O)NC(Cc2ccccc2)C(=O)[C@@]2(C)CO2)cc1. The Labute approximate surface area is 234 Å². The largest absolute Gasteiger partial charge is 0.497 e. The van der Waals surface area contributed by atoms with Crippen LogP contribution in [0.5, 0.6) is 5.75 Å². The third kappa shape index (κ3) is 7.45. The van der Waals surface area contributed by atoms with Gasteiger partial charge >= 0.3 is 0 Å². The van der Waals surface area contributed by atoms with Gasteiger partial charge in [-0.1, -0.05) is 42.5 Å². The first-order valence-corrected chi connectivity index (χ1v) is 13.5. The summed E-state index contributed by atoms with van der Waals surface area (Å²) in [4.78, 5) is 54.6. The van der Waals surface area contributed by atoms with Crippen LogP contribution in [0.4, 0.5) is 0 Å². The van der Waals surface area contributed by atoms with E-state index in [0.717, 1.165) is 11.1 Å². The minimum absolute atomic E-state index is 0.158. The highest BCUT2D eigenvalue weighted by atomic mass is 16.6. The molecular formula is C30H38N4O6. The molecule has 2 fully saturated rings. The predicted octanol–water partition coefficient (Wildman–Crippen LogP) is 0.874. The molecule has 0 radical (unpaired) electrons. The Kier molecular flexibility index (Phi) is 9.21. The van der Waals surface area contributed by atoms with Gasteiger partial charge in [-0.25, -0.2) is 0 Å². The second kappa shape index (κ2) is 12.6. The average molecular weight is 551 g/mol. The van der Waals surface area contributed by atoms with Crippen LogP contribution >= 0.6 is 0 Å². The summed E-state index contributed by atoms with van der Waals surface area (Å²) in [5.74, 6) is -0.888. The number of ketones is 1. The highest BCUT2D eigenvalue weighted by molar-refractivity contribution is 5.98. The molecule has 0 saturated carbocycles. The fourth-order valence-corrected chi connectivity index (χ4v) is 4.72. The molecule has 40 heavy (non-hydrogen) atoms. The molecule has 2 saturated heterocycles. The first kappa shape index (κ1) is 29.2. The zero-order valence-corrected chi connectivity index (χ0v) is 23.4. The highest BCUT2D eigenvalue weighted by Crippen LogP contribution is 2.29. The molecule has 2 aromatic carbocycles. The van der Waals surface area contributed by atoms with Crippen molar-refractivity contribution in [3.05, 3.63) is 65.7 Å². The maximum Gasteiger partial charge on any atom is 0.243 e. The Balaban J connectivity index is 1.49. The summed E-state index contributed by atoms with van der Waals surface area (Å²) < 4.78 is 10.6. The molecule has 2 aromatic rings. The van der Waals surface area contributed by atoms with Crippen LogP contribution in [-0.4, -0.2) is 86.0 Å². The highest BCUT2D eigenvalue weighted by Gasteiger charge is 2.50. The number of carbonyl (C=O) groups is 4. The van der Waals surface area contributed by atoms with Crippen molar-refractivity contribution in [1.82, 2.24) is 20.9 Å². The number of amides is 3. The summed E-state index contributed by atoms with van der Waals surface area (Å²) in [6.07, 6.45) is 0.464. The van der Waals surface area contributed by atoms with Gasteiger partial charge in [0.2, 0.25) is 17.7 Å². The molecule has 0 bridgehead atoms. The number of hydrogen-bond donors (Lipinski definition) is 3. The van der Waals surface area contributed by atoms with E-state index in [4.69, 9.17) is 9.47 Å². The molecule has 3 unspecified atom stereocenters. The molecule has 0 aromatic heterocycles. The van der Waals surface area contributed by atoms with Gasteiger partial charge in [-0.05, 0) is 50.6 Å². The van der Waals surface area contributed by atoms with E-state index >= 15 is 0 Å². The van der Waals surface area contributed by atoms with Crippen LogP contribution in [0.3, 0.4) is 0 Å². The van der Waals surface area contributed by atoms with Gasteiger partial charge in [0, 0.05) is 19.5 Å². The first-order valence-electron chi connectivity index (χ1n) is 13.5.